The molecule has 2 rings (SSSR count). The van der Waals surface area contributed by atoms with Gasteiger partial charge in [-0.2, -0.15) is 5.26 Å². The molecule has 0 bridgehead atoms. The summed E-state index contributed by atoms with van der Waals surface area (Å²) in [6.07, 6.45) is 0. The summed E-state index contributed by atoms with van der Waals surface area (Å²) in [6, 6.07) is 7.14. The van der Waals surface area contributed by atoms with Crippen LogP contribution in [0.25, 0.3) is 0 Å². The third-order valence-corrected chi connectivity index (χ3v) is 3.76. The monoisotopic (exact) mass is 297 g/mol. The van der Waals surface area contributed by atoms with Crippen molar-refractivity contribution >= 4 is 29.1 Å². The number of carbonyl (C=O) groups is 1. The van der Waals surface area contributed by atoms with E-state index in [1.807, 2.05) is 4.90 Å². The largest absolute Gasteiger partial charge is 0.336 e. The van der Waals surface area contributed by atoms with Crippen molar-refractivity contribution in [3.8, 4) is 6.07 Å². The van der Waals surface area contributed by atoms with Crippen LogP contribution in [0.15, 0.2) is 18.2 Å². The van der Waals surface area contributed by atoms with Crippen molar-refractivity contribution in [3.05, 3.63) is 33.8 Å². The highest BCUT2D eigenvalue weighted by molar-refractivity contribution is 6.39. The molecule has 4 nitrogen and oxygen atoms in total. The van der Waals surface area contributed by atoms with E-state index in [9.17, 15) is 4.79 Å². The topological polar surface area (TPSA) is 47.3 Å². The van der Waals surface area contributed by atoms with Gasteiger partial charge in [-0.05, 0) is 12.1 Å². The van der Waals surface area contributed by atoms with Crippen molar-refractivity contribution in [1.82, 2.24) is 9.80 Å². The maximum Gasteiger partial charge on any atom is 0.256 e. The summed E-state index contributed by atoms with van der Waals surface area (Å²) < 4.78 is 0. The predicted molar refractivity (Wildman–Crippen MR) is 74.4 cm³/mol. The van der Waals surface area contributed by atoms with Crippen LogP contribution in [0.4, 0.5) is 0 Å². The highest BCUT2D eigenvalue weighted by atomic mass is 35.5. The van der Waals surface area contributed by atoms with Gasteiger partial charge < -0.3 is 4.90 Å². The molecule has 1 aliphatic rings. The minimum Gasteiger partial charge on any atom is -0.336 e. The summed E-state index contributed by atoms with van der Waals surface area (Å²) in [5, 5.41) is 9.38. The second-order valence-corrected chi connectivity index (χ2v) is 5.14. The Bertz CT molecular complexity index is 499. The molecular formula is C13H13Cl2N3O. The summed E-state index contributed by atoms with van der Waals surface area (Å²) in [7, 11) is 0. The van der Waals surface area contributed by atoms with Crippen LogP contribution in [0, 0.1) is 11.3 Å². The quantitative estimate of drug-likeness (QED) is 0.787. The third-order valence-electron chi connectivity index (χ3n) is 3.13. The first-order chi connectivity index (χ1) is 9.13. The van der Waals surface area contributed by atoms with E-state index in [1.165, 1.54) is 0 Å². The molecule has 1 aliphatic heterocycles. The SMILES string of the molecule is N#CCN1CCN(C(=O)c2c(Cl)cccc2Cl)CC1. The van der Waals surface area contributed by atoms with Gasteiger partial charge in [-0.25, -0.2) is 0 Å². The molecule has 0 radical (unpaired) electrons. The van der Waals surface area contributed by atoms with Crippen LogP contribution >= 0.6 is 23.2 Å². The van der Waals surface area contributed by atoms with Crippen molar-refractivity contribution in [2.45, 2.75) is 0 Å². The van der Waals surface area contributed by atoms with Gasteiger partial charge in [0.15, 0.2) is 0 Å². The maximum atomic E-state index is 12.4. The zero-order chi connectivity index (χ0) is 13.8. The fourth-order valence-electron chi connectivity index (χ4n) is 2.07. The smallest absolute Gasteiger partial charge is 0.256 e. The number of nitriles is 1. The Morgan fingerprint density at radius 1 is 1.21 bits per heavy atom. The van der Waals surface area contributed by atoms with Gasteiger partial charge >= 0.3 is 0 Å². The van der Waals surface area contributed by atoms with Gasteiger partial charge in [0.05, 0.1) is 28.2 Å². The first-order valence-electron chi connectivity index (χ1n) is 5.96. The van der Waals surface area contributed by atoms with E-state index >= 15 is 0 Å². The molecular weight excluding hydrogens is 285 g/mol. The minimum atomic E-state index is -0.146. The Labute approximate surface area is 122 Å². The molecule has 6 heteroatoms. The van der Waals surface area contributed by atoms with Crippen LogP contribution < -0.4 is 0 Å². The molecule has 1 amide bonds. The molecule has 0 spiro atoms. The van der Waals surface area contributed by atoms with Crippen molar-refractivity contribution in [2.24, 2.45) is 0 Å². The molecule has 0 aliphatic carbocycles. The molecule has 1 aromatic carbocycles. The molecule has 19 heavy (non-hydrogen) atoms. The number of benzene rings is 1. The first-order valence-corrected chi connectivity index (χ1v) is 6.71. The van der Waals surface area contributed by atoms with Crippen molar-refractivity contribution in [3.63, 3.8) is 0 Å². The zero-order valence-corrected chi connectivity index (χ0v) is 11.8. The van der Waals surface area contributed by atoms with Gasteiger partial charge in [-0.1, -0.05) is 29.3 Å². The lowest BCUT2D eigenvalue weighted by Crippen LogP contribution is -2.48. The Balaban J connectivity index is 2.08. The van der Waals surface area contributed by atoms with Crippen LogP contribution in [0.5, 0.6) is 0 Å². The first kappa shape index (κ1) is 14.1. The lowest BCUT2D eigenvalue weighted by molar-refractivity contribution is 0.0652. The lowest BCUT2D eigenvalue weighted by Gasteiger charge is -2.33. The molecule has 1 aromatic rings. The van der Waals surface area contributed by atoms with Gasteiger partial charge in [0.1, 0.15) is 0 Å². The highest BCUT2D eigenvalue weighted by Gasteiger charge is 2.24. The van der Waals surface area contributed by atoms with Crippen LogP contribution in [0.3, 0.4) is 0 Å². The second-order valence-electron chi connectivity index (χ2n) is 4.32. The van der Waals surface area contributed by atoms with E-state index in [-0.39, 0.29) is 5.91 Å². The Kier molecular flexibility index (Phi) is 4.65. The van der Waals surface area contributed by atoms with E-state index in [2.05, 4.69) is 6.07 Å². The third kappa shape index (κ3) is 3.19. The van der Waals surface area contributed by atoms with Gasteiger partial charge in [0.25, 0.3) is 5.91 Å². The number of amides is 1. The van der Waals surface area contributed by atoms with Crippen molar-refractivity contribution in [1.29, 1.82) is 5.26 Å². The van der Waals surface area contributed by atoms with Crippen LogP contribution in [-0.2, 0) is 0 Å². The molecule has 0 unspecified atom stereocenters. The number of hydrogen-bond donors (Lipinski definition) is 0. The zero-order valence-electron chi connectivity index (χ0n) is 10.3. The van der Waals surface area contributed by atoms with Crippen LogP contribution in [-0.4, -0.2) is 48.4 Å². The number of hydrogen-bond acceptors (Lipinski definition) is 3. The van der Waals surface area contributed by atoms with E-state index < -0.39 is 0 Å². The molecule has 1 heterocycles. The molecule has 0 aromatic heterocycles. The average Bonchev–Trinajstić information content (AvgIpc) is 2.39. The van der Waals surface area contributed by atoms with Gasteiger partial charge in [-0.15, -0.1) is 0 Å². The van der Waals surface area contributed by atoms with E-state index in [0.29, 0.717) is 48.3 Å². The molecule has 0 saturated carbocycles. The molecule has 0 atom stereocenters. The molecule has 0 N–H and O–H groups in total. The van der Waals surface area contributed by atoms with Crippen LogP contribution in [0.2, 0.25) is 10.0 Å². The van der Waals surface area contributed by atoms with Gasteiger partial charge in [0.2, 0.25) is 0 Å². The van der Waals surface area contributed by atoms with Crippen LogP contribution in [0.1, 0.15) is 10.4 Å². The van der Waals surface area contributed by atoms with E-state index in [4.69, 9.17) is 28.5 Å². The summed E-state index contributed by atoms with van der Waals surface area (Å²) in [6.45, 7) is 2.96. The predicted octanol–water partition coefficient (Wildman–Crippen LogP) is 2.27. The van der Waals surface area contributed by atoms with Crippen molar-refractivity contribution < 1.29 is 4.79 Å². The summed E-state index contributed by atoms with van der Waals surface area (Å²) >= 11 is 12.1. The van der Waals surface area contributed by atoms with E-state index in [0.717, 1.165) is 0 Å². The van der Waals surface area contributed by atoms with Crippen molar-refractivity contribution in [2.75, 3.05) is 32.7 Å². The second kappa shape index (κ2) is 6.25. The number of nitrogens with zero attached hydrogens (tertiary/aromatic N) is 3. The van der Waals surface area contributed by atoms with Gasteiger partial charge in [0, 0.05) is 26.2 Å². The Morgan fingerprint density at radius 3 is 2.32 bits per heavy atom. The number of halogens is 2. The fourth-order valence-corrected chi connectivity index (χ4v) is 2.63. The minimum absolute atomic E-state index is 0.146. The number of rotatable bonds is 2. The fraction of sp³-hybridized carbons (Fsp3) is 0.385. The summed E-state index contributed by atoms with van der Waals surface area (Å²) in [4.78, 5) is 16.1. The summed E-state index contributed by atoms with van der Waals surface area (Å²) in [5.41, 5.74) is 0.361. The normalized spacial score (nSPS) is 16.2. The molecule has 100 valence electrons. The van der Waals surface area contributed by atoms with E-state index in [1.54, 1.807) is 23.1 Å². The average molecular weight is 298 g/mol. The highest BCUT2D eigenvalue weighted by Crippen LogP contribution is 2.26. The molecule has 1 saturated heterocycles. The molecule has 1 fully saturated rings. The maximum absolute atomic E-state index is 12.4. The number of piperazine rings is 1. The standard InChI is InChI=1S/C13H13Cl2N3O/c14-10-2-1-3-11(15)12(10)13(19)18-8-6-17(5-4-16)7-9-18/h1-3H,5-9H2. The number of carbonyl (C=O) groups excluding carboxylic acids is 1. The lowest BCUT2D eigenvalue weighted by atomic mass is 10.1. The Hall–Kier alpha value is -1.28. The summed E-state index contributed by atoms with van der Waals surface area (Å²) in [5.74, 6) is -0.146. The van der Waals surface area contributed by atoms with Gasteiger partial charge in [-0.3, -0.25) is 9.69 Å². The Morgan fingerprint density at radius 2 is 1.79 bits per heavy atom.